The van der Waals surface area contributed by atoms with Crippen molar-refractivity contribution in [3.63, 3.8) is 0 Å². The van der Waals surface area contributed by atoms with Crippen molar-refractivity contribution in [1.82, 2.24) is 14.7 Å². The van der Waals surface area contributed by atoms with Crippen LogP contribution in [-0.4, -0.2) is 22.0 Å². The Balaban J connectivity index is 1.85. The lowest BCUT2D eigenvalue weighted by Gasteiger charge is -2.06. The zero-order valence-corrected chi connectivity index (χ0v) is 9.89. The molecule has 2 aromatic rings. The van der Waals surface area contributed by atoms with Gasteiger partial charge in [0.05, 0.1) is 5.69 Å². The molecule has 3 heterocycles. The van der Waals surface area contributed by atoms with E-state index in [1.54, 1.807) is 0 Å². The van der Waals surface area contributed by atoms with Crippen molar-refractivity contribution in [2.75, 3.05) is 6.54 Å². The van der Waals surface area contributed by atoms with E-state index < -0.39 is 0 Å². The average Bonchev–Trinajstić information content (AvgIpc) is 2.96. The fourth-order valence-electron chi connectivity index (χ4n) is 2.49. The van der Waals surface area contributed by atoms with E-state index in [-0.39, 0.29) is 0 Å². The van der Waals surface area contributed by atoms with E-state index in [1.807, 2.05) is 12.3 Å². The topological polar surface area (TPSA) is 55.4 Å². The molecule has 4 nitrogen and oxygen atoms in total. The van der Waals surface area contributed by atoms with Crippen molar-refractivity contribution in [1.29, 1.82) is 0 Å². The summed E-state index contributed by atoms with van der Waals surface area (Å²) in [5.74, 6) is 0. The molecule has 0 aromatic carbocycles. The van der Waals surface area contributed by atoms with E-state index in [2.05, 4.69) is 27.0 Å². The lowest BCUT2D eigenvalue weighted by atomic mass is 10.1. The van der Waals surface area contributed by atoms with Crippen molar-refractivity contribution in [3.05, 3.63) is 35.8 Å². The molecule has 0 spiro atoms. The van der Waals surface area contributed by atoms with Crippen LogP contribution < -0.4 is 11.1 Å². The van der Waals surface area contributed by atoms with Gasteiger partial charge in [0.25, 0.3) is 0 Å². The Morgan fingerprint density at radius 3 is 3.24 bits per heavy atom. The summed E-state index contributed by atoms with van der Waals surface area (Å²) < 4.78 is 2.07. The third-order valence-electron chi connectivity index (χ3n) is 3.43. The number of fused-ring (bicyclic) bond motifs is 1. The molecular weight excluding hydrogens is 212 g/mol. The fourth-order valence-corrected chi connectivity index (χ4v) is 2.49. The summed E-state index contributed by atoms with van der Waals surface area (Å²) >= 11 is 0. The van der Waals surface area contributed by atoms with Gasteiger partial charge in [-0.15, -0.1) is 0 Å². The highest BCUT2D eigenvalue weighted by molar-refractivity contribution is 5.43. The maximum Gasteiger partial charge on any atom is 0.137 e. The Morgan fingerprint density at radius 1 is 1.53 bits per heavy atom. The van der Waals surface area contributed by atoms with Gasteiger partial charge in [0.2, 0.25) is 0 Å². The van der Waals surface area contributed by atoms with Gasteiger partial charge in [-0.05, 0) is 37.1 Å². The molecule has 0 amide bonds. The molecule has 0 radical (unpaired) electrons. The lowest BCUT2D eigenvalue weighted by Crippen LogP contribution is -2.23. The van der Waals surface area contributed by atoms with Gasteiger partial charge in [0.1, 0.15) is 5.65 Å². The molecule has 1 aliphatic rings. The first-order valence-electron chi connectivity index (χ1n) is 6.25. The molecule has 1 saturated heterocycles. The van der Waals surface area contributed by atoms with Gasteiger partial charge < -0.3 is 15.5 Å². The second-order valence-electron chi connectivity index (χ2n) is 4.73. The van der Waals surface area contributed by atoms with Crippen LogP contribution >= 0.6 is 0 Å². The summed E-state index contributed by atoms with van der Waals surface area (Å²) in [6, 6.07) is 4.71. The number of pyridine rings is 1. The van der Waals surface area contributed by atoms with Crippen LogP contribution in [0.4, 0.5) is 0 Å². The number of imidazole rings is 1. The standard InChI is InChI=1S/C13H18N4/c14-8-10-3-5-17-9-12(16-13(17)6-10)7-11-2-1-4-15-11/h3,5-6,9,11,15H,1-2,4,7-8,14H2. The van der Waals surface area contributed by atoms with Crippen LogP contribution in [0, 0.1) is 0 Å². The number of nitrogens with two attached hydrogens (primary N) is 1. The molecule has 4 heteroatoms. The molecule has 1 fully saturated rings. The zero-order valence-electron chi connectivity index (χ0n) is 9.89. The van der Waals surface area contributed by atoms with E-state index >= 15 is 0 Å². The Kier molecular flexibility index (Phi) is 2.82. The first-order chi connectivity index (χ1) is 8.35. The summed E-state index contributed by atoms with van der Waals surface area (Å²) in [5, 5.41) is 3.50. The number of hydrogen-bond donors (Lipinski definition) is 2. The largest absolute Gasteiger partial charge is 0.326 e. The Morgan fingerprint density at radius 2 is 2.47 bits per heavy atom. The second kappa shape index (κ2) is 4.47. The zero-order chi connectivity index (χ0) is 11.7. The quantitative estimate of drug-likeness (QED) is 0.830. The van der Waals surface area contributed by atoms with Crippen LogP contribution in [0.2, 0.25) is 0 Å². The molecule has 1 aliphatic heterocycles. The van der Waals surface area contributed by atoms with Gasteiger partial charge >= 0.3 is 0 Å². The fraction of sp³-hybridized carbons (Fsp3) is 0.462. The monoisotopic (exact) mass is 230 g/mol. The van der Waals surface area contributed by atoms with Crippen molar-refractivity contribution < 1.29 is 0 Å². The van der Waals surface area contributed by atoms with Gasteiger partial charge in [0, 0.05) is 31.4 Å². The number of aromatic nitrogens is 2. The highest BCUT2D eigenvalue weighted by Gasteiger charge is 2.15. The molecule has 3 N–H and O–H groups in total. The maximum absolute atomic E-state index is 5.63. The molecule has 17 heavy (non-hydrogen) atoms. The predicted octanol–water partition coefficient (Wildman–Crippen LogP) is 1.09. The van der Waals surface area contributed by atoms with Gasteiger partial charge in [-0.2, -0.15) is 0 Å². The third-order valence-corrected chi connectivity index (χ3v) is 3.43. The highest BCUT2D eigenvalue weighted by Crippen LogP contribution is 2.13. The minimum Gasteiger partial charge on any atom is -0.326 e. The molecule has 2 aromatic heterocycles. The van der Waals surface area contributed by atoms with Crippen LogP contribution in [0.3, 0.4) is 0 Å². The normalized spacial score (nSPS) is 20.2. The highest BCUT2D eigenvalue weighted by atomic mass is 15.0. The van der Waals surface area contributed by atoms with E-state index in [0.29, 0.717) is 12.6 Å². The van der Waals surface area contributed by atoms with Gasteiger partial charge in [0.15, 0.2) is 0 Å². The molecule has 1 unspecified atom stereocenters. The van der Waals surface area contributed by atoms with E-state index in [0.717, 1.165) is 24.2 Å². The molecule has 0 aliphatic carbocycles. The Hall–Kier alpha value is -1.39. The SMILES string of the molecule is NCc1ccn2cc(CC3CCCN3)nc2c1. The van der Waals surface area contributed by atoms with Gasteiger partial charge in [-0.1, -0.05) is 0 Å². The minimum atomic E-state index is 0.572. The summed E-state index contributed by atoms with van der Waals surface area (Å²) in [5.41, 5.74) is 8.93. The van der Waals surface area contributed by atoms with Crippen LogP contribution in [0.15, 0.2) is 24.5 Å². The molecule has 90 valence electrons. The van der Waals surface area contributed by atoms with Crippen molar-refractivity contribution in [2.24, 2.45) is 5.73 Å². The summed E-state index contributed by atoms with van der Waals surface area (Å²) in [7, 11) is 0. The average molecular weight is 230 g/mol. The Labute approximate surface area is 101 Å². The number of hydrogen-bond acceptors (Lipinski definition) is 3. The summed E-state index contributed by atoms with van der Waals surface area (Å²) in [6.45, 7) is 1.72. The van der Waals surface area contributed by atoms with Crippen molar-refractivity contribution in [3.8, 4) is 0 Å². The smallest absolute Gasteiger partial charge is 0.137 e. The minimum absolute atomic E-state index is 0.572. The van der Waals surface area contributed by atoms with Crippen LogP contribution in [0.5, 0.6) is 0 Å². The molecular formula is C13H18N4. The number of nitrogens with zero attached hydrogens (tertiary/aromatic N) is 2. The van der Waals surface area contributed by atoms with Crippen LogP contribution in [0.1, 0.15) is 24.1 Å². The summed E-state index contributed by atoms with van der Waals surface area (Å²) in [4.78, 5) is 4.65. The van der Waals surface area contributed by atoms with E-state index in [9.17, 15) is 0 Å². The summed E-state index contributed by atoms with van der Waals surface area (Å²) in [6.07, 6.45) is 7.74. The van der Waals surface area contributed by atoms with E-state index in [1.165, 1.54) is 18.5 Å². The van der Waals surface area contributed by atoms with Crippen LogP contribution in [-0.2, 0) is 13.0 Å². The molecule has 3 rings (SSSR count). The third kappa shape index (κ3) is 2.18. The molecule has 1 atom stereocenters. The van der Waals surface area contributed by atoms with Gasteiger partial charge in [-0.3, -0.25) is 0 Å². The maximum atomic E-state index is 5.63. The van der Waals surface area contributed by atoms with Gasteiger partial charge in [-0.25, -0.2) is 4.98 Å². The first kappa shape index (κ1) is 10.7. The molecule has 0 bridgehead atoms. The second-order valence-corrected chi connectivity index (χ2v) is 4.73. The number of nitrogens with one attached hydrogen (secondary N) is 1. The number of rotatable bonds is 3. The predicted molar refractivity (Wildman–Crippen MR) is 67.8 cm³/mol. The van der Waals surface area contributed by atoms with Crippen LogP contribution in [0.25, 0.3) is 5.65 Å². The van der Waals surface area contributed by atoms with Crippen molar-refractivity contribution in [2.45, 2.75) is 31.8 Å². The molecule has 0 saturated carbocycles. The van der Waals surface area contributed by atoms with Crippen molar-refractivity contribution >= 4 is 5.65 Å². The first-order valence-corrected chi connectivity index (χ1v) is 6.25. The van der Waals surface area contributed by atoms with E-state index in [4.69, 9.17) is 5.73 Å². The lowest BCUT2D eigenvalue weighted by molar-refractivity contribution is 0.597. The Bertz CT molecular complexity index is 511.